The molecule has 1 unspecified atom stereocenters. The number of imidazole rings is 1. The van der Waals surface area contributed by atoms with Gasteiger partial charge in [-0.05, 0) is 49.0 Å². The molecule has 0 radical (unpaired) electrons. The molecular weight excluding hydrogens is 268 g/mol. The Kier molecular flexibility index (Phi) is 3.32. The quantitative estimate of drug-likeness (QED) is 0.726. The van der Waals surface area contributed by atoms with Crippen molar-refractivity contribution in [2.45, 2.75) is 13.0 Å². The number of ether oxygens (including phenoxy) is 1. The Morgan fingerprint density at radius 1 is 1.10 bits per heavy atom. The normalized spacial score (nSPS) is 12.5. The van der Waals surface area contributed by atoms with Crippen molar-refractivity contribution in [2.75, 3.05) is 7.11 Å². The average Bonchev–Trinajstić information content (AvgIpc) is 2.82. The van der Waals surface area contributed by atoms with Crippen molar-refractivity contribution in [2.24, 2.45) is 0 Å². The molecule has 20 heavy (non-hydrogen) atoms. The standard InChI is InChI=1S/C16H16N2OS/c1-11(12-7-9-13(19-2)10-8-12)18-15-6-4-3-5-14(15)17-16(18)20/h3-11H,1-2H3,(H,17,20). The van der Waals surface area contributed by atoms with Crippen LogP contribution in [0.2, 0.25) is 0 Å². The van der Waals surface area contributed by atoms with Gasteiger partial charge < -0.3 is 14.3 Å². The summed E-state index contributed by atoms with van der Waals surface area (Å²) < 4.78 is 8.09. The molecule has 1 atom stereocenters. The van der Waals surface area contributed by atoms with Crippen LogP contribution in [0.4, 0.5) is 0 Å². The highest BCUT2D eigenvalue weighted by Crippen LogP contribution is 2.25. The molecule has 0 spiro atoms. The number of methoxy groups -OCH3 is 1. The van der Waals surface area contributed by atoms with E-state index in [1.807, 2.05) is 30.3 Å². The number of nitrogens with zero attached hydrogens (tertiary/aromatic N) is 1. The zero-order valence-electron chi connectivity index (χ0n) is 11.5. The Hall–Kier alpha value is -2.07. The van der Waals surface area contributed by atoms with Crippen LogP contribution in [0.15, 0.2) is 48.5 Å². The Bertz CT molecular complexity index is 786. The van der Waals surface area contributed by atoms with Crippen LogP contribution < -0.4 is 4.74 Å². The molecule has 0 saturated heterocycles. The van der Waals surface area contributed by atoms with Crippen LogP contribution in [0, 0.1) is 4.77 Å². The largest absolute Gasteiger partial charge is 0.497 e. The Balaban J connectivity index is 2.09. The van der Waals surface area contributed by atoms with Gasteiger partial charge in [0.2, 0.25) is 0 Å². The summed E-state index contributed by atoms with van der Waals surface area (Å²) in [6.07, 6.45) is 0. The summed E-state index contributed by atoms with van der Waals surface area (Å²) >= 11 is 5.46. The van der Waals surface area contributed by atoms with Gasteiger partial charge in [0.15, 0.2) is 4.77 Å². The van der Waals surface area contributed by atoms with Crippen molar-refractivity contribution in [1.82, 2.24) is 9.55 Å². The topological polar surface area (TPSA) is 29.9 Å². The molecule has 0 bridgehead atoms. The van der Waals surface area contributed by atoms with Gasteiger partial charge in [-0.3, -0.25) is 0 Å². The van der Waals surface area contributed by atoms with E-state index < -0.39 is 0 Å². The molecule has 3 aromatic rings. The minimum absolute atomic E-state index is 0.171. The molecule has 0 fully saturated rings. The molecule has 0 aliphatic heterocycles. The summed E-state index contributed by atoms with van der Waals surface area (Å²) in [5, 5.41) is 0. The van der Waals surface area contributed by atoms with Crippen LogP contribution in [-0.2, 0) is 0 Å². The third kappa shape index (κ3) is 2.12. The monoisotopic (exact) mass is 284 g/mol. The third-order valence-corrected chi connectivity index (χ3v) is 3.91. The first-order chi connectivity index (χ1) is 9.70. The number of fused-ring (bicyclic) bond motifs is 1. The zero-order valence-corrected chi connectivity index (χ0v) is 12.3. The van der Waals surface area contributed by atoms with Gasteiger partial charge >= 0.3 is 0 Å². The predicted molar refractivity (Wildman–Crippen MR) is 83.9 cm³/mol. The lowest BCUT2D eigenvalue weighted by Gasteiger charge is -2.15. The van der Waals surface area contributed by atoms with Crippen LogP contribution in [0.1, 0.15) is 18.5 Å². The van der Waals surface area contributed by atoms with Crippen molar-refractivity contribution >= 4 is 23.3 Å². The lowest BCUT2D eigenvalue weighted by Crippen LogP contribution is -2.06. The van der Waals surface area contributed by atoms with E-state index in [0.717, 1.165) is 21.6 Å². The first-order valence-electron chi connectivity index (χ1n) is 6.54. The smallest absolute Gasteiger partial charge is 0.178 e. The van der Waals surface area contributed by atoms with Crippen LogP contribution in [-0.4, -0.2) is 16.7 Å². The lowest BCUT2D eigenvalue weighted by atomic mass is 10.1. The van der Waals surface area contributed by atoms with E-state index in [4.69, 9.17) is 17.0 Å². The Morgan fingerprint density at radius 3 is 2.50 bits per heavy atom. The summed E-state index contributed by atoms with van der Waals surface area (Å²) in [5.41, 5.74) is 3.39. The number of nitrogens with one attached hydrogen (secondary N) is 1. The van der Waals surface area contributed by atoms with E-state index in [2.05, 4.69) is 34.7 Å². The SMILES string of the molecule is COc1ccc(C(C)n2c(=S)[nH]c3ccccc32)cc1. The van der Waals surface area contributed by atoms with Gasteiger partial charge in [-0.2, -0.15) is 0 Å². The number of para-hydroxylation sites is 2. The minimum atomic E-state index is 0.171. The van der Waals surface area contributed by atoms with Gasteiger partial charge in [-0.25, -0.2) is 0 Å². The zero-order chi connectivity index (χ0) is 14.1. The second-order valence-corrected chi connectivity index (χ2v) is 5.15. The number of rotatable bonds is 3. The molecular formula is C16H16N2OS. The fourth-order valence-corrected chi connectivity index (χ4v) is 2.86. The highest BCUT2D eigenvalue weighted by Gasteiger charge is 2.12. The first kappa shape index (κ1) is 12.9. The number of benzene rings is 2. The molecule has 102 valence electrons. The van der Waals surface area contributed by atoms with Crippen molar-refractivity contribution in [3.8, 4) is 5.75 Å². The van der Waals surface area contributed by atoms with Gasteiger partial charge in [0.05, 0.1) is 24.2 Å². The molecule has 4 heteroatoms. The molecule has 1 N–H and O–H groups in total. The van der Waals surface area contributed by atoms with Crippen molar-refractivity contribution in [1.29, 1.82) is 0 Å². The molecule has 0 amide bonds. The second-order valence-electron chi connectivity index (χ2n) is 4.77. The Labute approximate surface area is 122 Å². The molecule has 2 aromatic carbocycles. The maximum absolute atomic E-state index is 5.46. The first-order valence-corrected chi connectivity index (χ1v) is 6.94. The number of aromatic amines is 1. The maximum atomic E-state index is 5.46. The summed E-state index contributed by atoms with van der Waals surface area (Å²) in [4.78, 5) is 3.25. The van der Waals surface area contributed by atoms with Crippen molar-refractivity contribution in [3.63, 3.8) is 0 Å². The molecule has 0 aliphatic carbocycles. The molecule has 1 aromatic heterocycles. The average molecular weight is 284 g/mol. The van der Waals surface area contributed by atoms with Crippen LogP contribution in [0.3, 0.4) is 0 Å². The summed E-state index contributed by atoms with van der Waals surface area (Å²) in [5.74, 6) is 0.864. The van der Waals surface area contributed by atoms with Gasteiger partial charge in [-0.1, -0.05) is 24.3 Å². The van der Waals surface area contributed by atoms with Gasteiger partial charge in [-0.15, -0.1) is 0 Å². The number of aromatic nitrogens is 2. The third-order valence-electron chi connectivity index (χ3n) is 3.61. The van der Waals surface area contributed by atoms with E-state index in [1.165, 1.54) is 5.56 Å². The number of hydrogen-bond donors (Lipinski definition) is 1. The van der Waals surface area contributed by atoms with Crippen LogP contribution in [0.5, 0.6) is 5.75 Å². The second kappa shape index (κ2) is 5.13. The van der Waals surface area contributed by atoms with Crippen molar-refractivity contribution < 1.29 is 4.74 Å². The van der Waals surface area contributed by atoms with E-state index in [9.17, 15) is 0 Å². The van der Waals surface area contributed by atoms with E-state index in [0.29, 0.717) is 0 Å². The lowest BCUT2D eigenvalue weighted by molar-refractivity contribution is 0.414. The fourth-order valence-electron chi connectivity index (χ4n) is 2.49. The molecule has 0 saturated carbocycles. The Morgan fingerprint density at radius 2 is 1.80 bits per heavy atom. The number of hydrogen-bond acceptors (Lipinski definition) is 2. The highest BCUT2D eigenvalue weighted by atomic mass is 32.1. The van der Waals surface area contributed by atoms with E-state index in [1.54, 1.807) is 7.11 Å². The van der Waals surface area contributed by atoms with Gasteiger partial charge in [0.1, 0.15) is 5.75 Å². The van der Waals surface area contributed by atoms with E-state index >= 15 is 0 Å². The highest BCUT2D eigenvalue weighted by molar-refractivity contribution is 7.71. The maximum Gasteiger partial charge on any atom is 0.178 e. The number of H-pyrrole nitrogens is 1. The van der Waals surface area contributed by atoms with E-state index in [-0.39, 0.29) is 6.04 Å². The van der Waals surface area contributed by atoms with Crippen molar-refractivity contribution in [3.05, 3.63) is 58.9 Å². The molecule has 3 rings (SSSR count). The molecule has 1 heterocycles. The van der Waals surface area contributed by atoms with Gasteiger partial charge in [0, 0.05) is 0 Å². The van der Waals surface area contributed by atoms with Gasteiger partial charge in [0.25, 0.3) is 0 Å². The predicted octanol–water partition coefficient (Wildman–Crippen LogP) is 4.32. The molecule has 3 nitrogen and oxygen atoms in total. The minimum Gasteiger partial charge on any atom is -0.497 e. The summed E-state index contributed by atoms with van der Waals surface area (Å²) in [7, 11) is 1.67. The summed E-state index contributed by atoms with van der Waals surface area (Å²) in [6, 6.07) is 16.4. The van der Waals surface area contributed by atoms with Crippen LogP contribution >= 0.6 is 12.2 Å². The van der Waals surface area contributed by atoms with Crippen LogP contribution in [0.25, 0.3) is 11.0 Å². The fraction of sp³-hybridized carbons (Fsp3) is 0.188. The summed E-state index contributed by atoms with van der Waals surface area (Å²) in [6.45, 7) is 2.15. The molecule has 0 aliphatic rings.